The van der Waals surface area contributed by atoms with E-state index in [2.05, 4.69) is 0 Å². The number of likely N-dealkylation sites (tertiary alicyclic amines) is 1. The Kier molecular flexibility index (Phi) is 5.18. The van der Waals surface area contributed by atoms with E-state index >= 15 is 0 Å². The molecule has 2 heterocycles. The topological polar surface area (TPSA) is 84.7 Å². The standard InChI is InChI=1S/C19H23NO5S/c1-13(2)12-26(23,24)14-7-9-20(10-8-14)19(22)18-11-16(21)15-5-3-4-6-17(15)25-18/h3-6,11,13-14H,7-10,12H2,1-2H3. The number of fused-ring (bicyclic) bond motifs is 1. The van der Waals surface area contributed by atoms with Gasteiger partial charge in [-0.05, 0) is 30.9 Å². The van der Waals surface area contributed by atoms with Crippen molar-refractivity contribution in [3.8, 4) is 0 Å². The molecule has 0 radical (unpaired) electrons. The van der Waals surface area contributed by atoms with Crippen LogP contribution in [-0.2, 0) is 9.84 Å². The van der Waals surface area contributed by atoms with Gasteiger partial charge in [0.2, 0.25) is 0 Å². The summed E-state index contributed by atoms with van der Waals surface area (Å²) in [4.78, 5) is 26.4. The minimum absolute atomic E-state index is 0.00260. The molecule has 0 aliphatic carbocycles. The lowest BCUT2D eigenvalue weighted by molar-refractivity contribution is 0.0694. The van der Waals surface area contributed by atoms with Crippen molar-refractivity contribution >= 4 is 26.7 Å². The SMILES string of the molecule is CC(C)CS(=O)(=O)C1CCN(C(=O)c2cc(=O)c3ccccc3o2)CC1. The third-order valence-corrected chi connectivity index (χ3v) is 7.27. The molecule has 1 aliphatic heterocycles. The maximum Gasteiger partial charge on any atom is 0.289 e. The van der Waals surface area contributed by atoms with Crippen molar-refractivity contribution in [2.75, 3.05) is 18.8 Å². The number of para-hydroxylation sites is 1. The lowest BCUT2D eigenvalue weighted by Crippen LogP contribution is -2.43. The van der Waals surface area contributed by atoms with Gasteiger partial charge in [0.05, 0.1) is 16.4 Å². The molecule has 1 saturated heterocycles. The van der Waals surface area contributed by atoms with Crippen LogP contribution in [0.15, 0.2) is 39.5 Å². The normalized spacial score (nSPS) is 16.3. The molecule has 1 amide bonds. The van der Waals surface area contributed by atoms with Gasteiger partial charge in [-0.1, -0.05) is 26.0 Å². The zero-order chi connectivity index (χ0) is 18.9. The minimum atomic E-state index is -3.14. The average molecular weight is 377 g/mol. The van der Waals surface area contributed by atoms with E-state index in [1.54, 1.807) is 29.2 Å². The van der Waals surface area contributed by atoms with Crippen molar-refractivity contribution in [3.63, 3.8) is 0 Å². The van der Waals surface area contributed by atoms with Gasteiger partial charge in [0.25, 0.3) is 5.91 Å². The van der Waals surface area contributed by atoms with E-state index in [4.69, 9.17) is 4.42 Å². The number of carbonyl (C=O) groups is 1. The molecule has 26 heavy (non-hydrogen) atoms. The van der Waals surface area contributed by atoms with Crippen molar-refractivity contribution in [1.29, 1.82) is 0 Å². The van der Waals surface area contributed by atoms with Gasteiger partial charge in [-0.25, -0.2) is 8.42 Å². The molecule has 0 N–H and O–H groups in total. The lowest BCUT2D eigenvalue weighted by Gasteiger charge is -2.31. The van der Waals surface area contributed by atoms with Crippen LogP contribution in [0, 0.1) is 5.92 Å². The maximum atomic E-state index is 12.7. The van der Waals surface area contributed by atoms with Crippen LogP contribution in [0.4, 0.5) is 0 Å². The van der Waals surface area contributed by atoms with Crippen LogP contribution in [0.5, 0.6) is 0 Å². The molecule has 0 bridgehead atoms. The van der Waals surface area contributed by atoms with E-state index in [-0.39, 0.29) is 28.8 Å². The van der Waals surface area contributed by atoms with Gasteiger partial charge in [-0.2, -0.15) is 0 Å². The largest absolute Gasteiger partial charge is 0.451 e. The molecular formula is C19H23NO5S. The van der Waals surface area contributed by atoms with E-state index in [0.29, 0.717) is 36.9 Å². The zero-order valence-electron chi connectivity index (χ0n) is 15.0. The molecule has 0 spiro atoms. The van der Waals surface area contributed by atoms with Crippen molar-refractivity contribution in [3.05, 3.63) is 46.3 Å². The van der Waals surface area contributed by atoms with Crippen LogP contribution < -0.4 is 5.43 Å². The summed E-state index contributed by atoms with van der Waals surface area (Å²) in [6.45, 7) is 4.46. The number of benzene rings is 1. The summed E-state index contributed by atoms with van der Waals surface area (Å²) in [5, 5.41) is 0.0279. The number of amides is 1. The number of carbonyl (C=O) groups excluding carboxylic acids is 1. The minimum Gasteiger partial charge on any atom is -0.451 e. The van der Waals surface area contributed by atoms with Gasteiger partial charge in [-0.15, -0.1) is 0 Å². The van der Waals surface area contributed by atoms with Crippen LogP contribution in [0.25, 0.3) is 11.0 Å². The summed E-state index contributed by atoms with van der Waals surface area (Å²) in [6.07, 6.45) is 0.831. The van der Waals surface area contributed by atoms with Crippen LogP contribution in [0.3, 0.4) is 0 Å². The van der Waals surface area contributed by atoms with Crippen molar-refractivity contribution in [2.24, 2.45) is 5.92 Å². The number of piperidine rings is 1. The molecule has 1 fully saturated rings. The van der Waals surface area contributed by atoms with E-state index in [1.165, 1.54) is 6.07 Å². The monoisotopic (exact) mass is 377 g/mol. The summed E-state index contributed by atoms with van der Waals surface area (Å²) >= 11 is 0. The van der Waals surface area contributed by atoms with Gasteiger partial charge in [-0.3, -0.25) is 9.59 Å². The van der Waals surface area contributed by atoms with Crippen molar-refractivity contribution in [2.45, 2.75) is 31.9 Å². The predicted molar refractivity (Wildman–Crippen MR) is 100 cm³/mol. The Morgan fingerprint density at radius 2 is 1.88 bits per heavy atom. The molecule has 7 heteroatoms. The second-order valence-electron chi connectivity index (χ2n) is 7.19. The van der Waals surface area contributed by atoms with Gasteiger partial charge in [0.15, 0.2) is 21.0 Å². The Labute approximate surface area is 152 Å². The predicted octanol–water partition coefficient (Wildman–Crippen LogP) is 2.47. The number of hydrogen-bond acceptors (Lipinski definition) is 5. The van der Waals surface area contributed by atoms with Crippen LogP contribution in [-0.4, -0.2) is 43.3 Å². The molecule has 1 aliphatic rings. The molecule has 0 atom stereocenters. The summed E-state index contributed by atoms with van der Waals surface area (Å²) in [7, 11) is -3.14. The van der Waals surface area contributed by atoms with Crippen LogP contribution in [0.2, 0.25) is 0 Å². The molecule has 140 valence electrons. The lowest BCUT2D eigenvalue weighted by atomic mass is 10.1. The summed E-state index contributed by atoms with van der Waals surface area (Å²) < 4.78 is 30.3. The smallest absolute Gasteiger partial charge is 0.289 e. The Morgan fingerprint density at radius 3 is 2.54 bits per heavy atom. The van der Waals surface area contributed by atoms with Crippen molar-refractivity contribution < 1.29 is 17.6 Å². The molecule has 1 aromatic carbocycles. The fraction of sp³-hybridized carbons (Fsp3) is 0.474. The van der Waals surface area contributed by atoms with Gasteiger partial charge in [0.1, 0.15) is 5.58 Å². The summed E-state index contributed by atoms with van der Waals surface area (Å²) in [6, 6.07) is 8.00. The highest BCUT2D eigenvalue weighted by Gasteiger charge is 2.32. The fourth-order valence-corrected chi connectivity index (χ4v) is 5.51. The van der Waals surface area contributed by atoms with Crippen LogP contribution in [0.1, 0.15) is 37.2 Å². The highest BCUT2D eigenvalue weighted by molar-refractivity contribution is 7.92. The third-order valence-electron chi connectivity index (χ3n) is 4.65. The summed E-state index contributed by atoms with van der Waals surface area (Å²) in [5.74, 6) is -0.109. The second-order valence-corrected chi connectivity index (χ2v) is 9.51. The molecule has 0 unspecified atom stereocenters. The first-order valence-corrected chi connectivity index (χ1v) is 10.5. The molecule has 1 aromatic heterocycles. The fourth-order valence-electron chi connectivity index (χ4n) is 3.38. The van der Waals surface area contributed by atoms with E-state index in [0.717, 1.165) is 0 Å². The van der Waals surface area contributed by atoms with Gasteiger partial charge < -0.3 is 9.32 Å². The van der Waals surface area contributed by atoms with Gasteiger partial charge in [0, 0.05) is 19.2 Å². The third kappa shape index (κ3) is 3.82. The average Bonchev–Trinajstić information content (AvgIpc) is 2.60. The Bertz CT molecular complexity index is 969. The van der Waals surface area contributed by atoms with Crippen LogP contribution >= 0.6 is 0 Å². The van der Waals surface area contributed by atoms with Crippen molar-refractivity contribution in [1.82, 2.24) is 4.90 Å². The first-order valence-electron chi connectivity index (χ1n) is 8.81. The second kappa shape index (κ2) is 7.23. The molecule has 6 nitrogen and oxygen atoms in total. The molecule has 0 saturated carbocycles. The maximum absolute atomic E-state index is 12.7. The highest BCUT2D eigenvalue weighted by atomic mass is 32.2. The quantitative estimate of drug-likeness (QED) is 0.817. The number of nitrogens with zero attached hydrogens (tertiary/aromatic N) is 1. The number of hydrogen-bond donors (Lipinski definition) is 0. The Balaban J connectivity index is 1.74. The highest BCUT2D eigenvalue weighted by Crippen LogP contribution is 2.22. The number of sulfone groups is 1. The zero-order valence-corrected chi connectivity index (χ0v) is 15.8. The summed E-state index contributed by atoms with van der Waals surface area (Å²) in [5.41, 5.74) is 0.113. The first-order chi connectivity index (χ1) is 12.3. The Hall–Kier alpha value is -2.15. The van der Waals surface area contributed by atoms with E-state index < -0.39 is 15.1 Å². The van der Waals surface area contributed by atoms with Gasteiger partial charge >= 0.3 is 0 Å². The van der Waals surface area contributed by atoms with E-state index in [9.17, 15) is 18.0 Å². The Morgan fingerprint density at radius 1 is 1.23 bits per heavy atom. The molecular weight excluding hydrogens is 354 g/mol. The molecule has 2 aromatic rings. The number of rotatable bonds is 4. The first kappa shape index (κ1) is 18.6. The molecule has 3 rings (SSSR count). The van der Waals surface area contributed by atoms with E-state index in [1.807, 2.05) is 13.8 Å².